The number of nitrogens with one attached hydrogen (secondary N) is 1. The molecule has 0 radical (unpaired) electrons. The number of aromatic nitrogens is 3. The standard InChI is InChI=1S/C19H27N5O3S/c1-15(17(25)20-8-11-26-2)28-19-22-21-18(23-9-12-27-13-10-23)24(19)14-16-6-4-3-5-7-16/h3-7,15H,8-14H2,1-2H3,(H,20,25)/t15-/m1/s1. The van der Waals surface area contributed by atoms with Gasteiger partial charge in [-0.25, -0.2) is 0 Å². The number of methoxy groups -OCH3 is 1. The van der Waals surface area contributed by atoms with Crippen molar-refractivity contribution in [2.24, 2.45) is 0 Å². The molecular formula is C19H27N5O3S. The summed E-state index contributed by atoms with van der Waals surface area (Å²) in [5.41, 5.74) is 1.16. The molecule has 1 amide bonds. The number of nitrogens with zero attached hydrogens (tertiary/aromatic N) is 4. The Balaban J connectivity index is 1.77. The number of benzene rings is 1. The number of hydrogen-bond donors (Lipinski definition) is 1. The van der Waals surface area contributed by atoms with E-state index in [0.717, 1.165) is 29.8 Å². The molecule has 0 saturated carbocycles. The fraction of sp³-hybridized carbons (Fsp3) is 0.526. The molecule has 9 heteroatoms. The van der Waals surface area contributed by atoms with Gasteiger partial charge in [-0.15, -0.1) is 10.2 Å². The second kappa shape index (κ2) is 10.4. The topological polar surface area (TPSA) is 81.5 Å². The lowest BCUT2D eigenvalue weighted by Gasteiger charge is -2.28. The van der Waals surface area contributed by atoms with E-state index in [1.54, 1.807) is 7.11 Å². The van der Waals surface area contributed by atoms with Crippen LogP contribution in [0.1, 0.15) is 12.5 Å². The van der Waals surface area contributed by atoms with Gasteiger partial charge in [0, 0.05) is 26.7 Å². The van der Waals surface area contributed by atoms with Crippen LogP contribution in [0.25, 0.3) is 0 Å². The third-order valence-electron chi connectivity index (χ3n) is 4.43. The van der Waals surface area contributed by atoms with E-state index in [1.807, 2.05) is 25.1 Å². The molecule has 1 aromatic carbocycles. The lowest BCUT2D eigenvalue weighted by Crippen LogP contribution is -2.38. The maximum absolute atomic E-state index is 12.3. The lowest BCUT2D eigenvalue weighted by atomic mass is 10.2. The van der Waals surface area contributed by atoms with Crippen molar-refractivity contribution in [2.75, 3.05) is 51.5 Å². The predicted molar refractivity (Wildman–Crippen MR) is 109 cm³/mol. The molecule has 2 heterocycles. The van der Waals surface area contributed by atoms with Crippen molar-refractivity contribution in [2.45, 2.75) is 23.9 Å². The Bertz CT molecular complexity index is 749. The number of rotatable bonds is 9. The predicted octanol–water partition coefficient (Wildman–Crippen LogP) is 1.41. The number of amides is 1. The maximum atomic E-state index is 12.3. The van der Waals surface area contributed by atoms with Crippen LogP contribution < -0.4 is 10.2 Å². The summed E-state index contributed by atoms with van der Waals surface area (Å²) >= 11 is 1.42. The summed E-state index contributed by atoms with van der Waals surface area (Å²) in [6.45, 7) is 6.45. The number of thioether (sulfide) groups is 1. The minimum Gasteiger partial charge on any atom is -0.383 e. The molecular weight excluding hydrogens is 378 g/mol. The Morgan fingerprint density at radius 3 is 2.75 bits per heavy atom. The van der Waals surface area contributed by atoms with Crippen molar-refractivity contribution in [1.82, 2.24) is 20.1 Å². The molecule has 1 aliphatic heterocycles. The molecule has 0 unspecified atom stereocenters. The third kappa shape index (κ3) is 5.46. The largest absolute Gasteiger partial charge is 0.383 e. The van der Waals surface area contributed by atoms with Crippen LogP contribution in [0.4, 0.5) is 5.95 Å². The van der Waals surface area contributed by atoms with Gasteiger partial charge in [0.2, 0.25) is 11.9 Å². The van der Waals surface area contributed by atoms with Crippen molar-refractivity contribution in [3.63, 3.8) is 0 Å². The first kappa shape index (κ1) is 20.6. The van der Waals surface area contributed by atoms with Crippen molar-refractivity contribution in [3.8, 4) is 0 Å². The van der Waals surface area contributed by atoms with E-state index in [0.29, 0.717) is 32.9 Å². The highest BCUT2D eigenvalue weighted by atomic mass is 32.2. The average Bonchev–Trinajstić information content (AvgIpc) is 3.11. The van der Waals surface area contributed by atoms with Gasteiger partial charge in [-0.1, -0.05) is 42.1 Å². The summed E-state index contributed by atoms with van der Waals surface area (Å²) < 4.78 is 12.5. The van der Waals surface area contributed by atoms with Gasteiger partial charge in [0.25, 0.3) is 0 Å². The van der Waals surface area contributed by atoms with Crippen LogP contribution in [0.3, 0.4) is 0 Å². The van der Waals surface area contributed by atoms with Gasteiger partial charge < -0.3 is 19.7 Å². The average molecular weight is 406 g/mol. The van der Waals surface area contributed by atoms with Crippen molar-refractivity contribution >= 4 is 23.6 Å². The molecule has 1 atom stereocenters. The van der Waals surface area contributed by atoms with Crippen LogP contribution in [-0.2, 0) is 20.8 Å². The van der Waals surface area contributed by atoms with E-state index in [-0.39, 0.29) is 11.2 Å². The lowest BCUT2D eigenvalue weighted by molar-refractivity contribution is -0.120. The molecule has 1 aliphatic rings. The van der Waals surface area contributed by atoms with E-state index in [4.69, 9.17) is 9.47 Å². The summed E-state index contributed by atoms with van der Waals surface area (Å²) in [5.74, 6) is 0.783. The molecule has 28 heavy (non-hydrogen) atoms. The maximum Gasteiger partial charge on any atom is 0.233 e. The first-order chi connectivity index (χ1) is 13.7. The minimum atomic E-state index is -0.284. The Morgan fingerprint density at radius 2 is 2.04 bits per heavy atom. The van der Waals surface area contributed by atoms with E-state index in [9.17, 15) is 4.79 Å². The van der Waals surface area contributed by atoms with Crippen molar-refractivity contribution < 1.29 is 14.3 Å². The molecule has 0 spiro atoms. The monoisotopic (exact) mass is 405 g/mol. The first-order valence-electron chi connectivity index (χ1n) is 9.42. The molecule has 1 saturated heterocycles. The van der Waals surface area contributed by atoms with Crippen LogP contribution >= 0.6 is 11.8 Å². The molecule has 3 rings (SSSR count). The van der Waals surface area contributed by atoms with Gasteiger partial charge in [-0.2, -0.15) is 0 Å². The zero-order chi connectivity index (χ0) is 19.8. The van der Waals surface area contributed by atoms with Crippen LogP contribution in [0.15, 0.2) is 35.5 Å². The normalized spacial score (nSPS) is 15.4. The fourth-order valence-corrected chi connectivity index (χ4v) is 3.77. The number of hydrogen-bond acceptors (Lipinski definition) is 7. The number of carbonyl (C=O) groups is 1. The number of morpholine rings is 1. The van der Waals surface area contributed by atoms with Crippen LogP contribution in [0.5, 0.6) is 0 Å². The van der Waals surface area contributed by atoms with E-state index < -0.39 is 0 Å². The van der Waals surface area contributed by atoms with Gasteiger partial charge in [0.05, 0.1) is 31.6 Å². The molecule has 0 aliphatic carbocycles. The van der Waals surface area contributed by atoms with Gasteiger partial charge in [0.1, 0.15) is 0 Å². The van der Waals surface area contributed by atoms with Gasteiger partial charge in [-0.3, -0.25) is 9.36 Å². The van der Waals surface area contributed by atoms with E-state index >= 15 is 0 Å². The summed E-state index contributed by atoms with van der Waals surface area (Å²) in [6.07, 6.45) is 0. The first-order valence-corrected chi connectivity index (χ1v) is 10.3. The zero-order valence-corrected chi connectivity index (χ0v) is 17.2. The molecule has 1 fully saturated rings. The third-order valence-corrected chi connectivity index (χ3v) is 5.51. The molecule has 152 valence electrons. The Morgan fingerprint density at radius 1 is 1.29 bits per heavy atom. The molecule has 2 aromatic rings. The minimum absolute atomic E-state index is 0.0377. The Hall–Kier alpha value is -2.10. The fourth-order valence-electron chi connectivity index (χ4n) is 2.90. The molecule has 1 aromatic heterocycles. The van der Waals surface area contributed by atoms with Gasteiger partial charge in [0.15, 0.2) is 5.16 Å². The number of anilines is 1. The van der Waals surface area contributed by atoms with Crippen molar-refractivity contribution in [3.05, 3.63) is 35.9 Å². The Labute approximate surface area is 169 Å². The SMILES string of the molecule is COCCNC(=O)[C@@H](C)Sc1nnc(N2CCOCC2)n1Cc1ccccc1. The highest BCUT2D eigenvalue weighted by molar-refractivity contribution is 8.00. The van der Waals surface area contributed by atoms with Crippen LogP contribution in [0, 0.1) is 0 Å². The second-order valence-electron chi connectivity index (χ2n) is 6.50. The van der Waals surface area contributed by atoms with E-state index in [2.05, 4.69) is 37.1 Å². The molecule has 0 bridgehead atoms. The van der Waals surface area contributed by atoms with Crippen molar-refractivity contribution in [1.29, 1.82) is 0 Å². The highest BCUT2D eigenvalue weighted by Crippen LogP contribution is 2.27. The number of ether oxygens (including phenoxy) is 2. The number of carbonyl (C=O) groups excluding carboxylic acids is 1. The van der Waals surface area contributed by atoms with Gasteiger partial charge in [-0.05, 0) is 12.5 Å². The molecule has 8 nitrogen and oxygen atoms in total. The summed E-state index contributed by atoms with van der Waals surface area (Å²) in [4.78, 5) is 14.5. The van der Waals surface area contributed by atoms with E-state index in [1.165, 1.54) is 11.8 Å². The molecule has 1 N–H and O–H groups in total. The summed E-state index contributed by atoms with van der Waals surface area (Å²) in [6, 6.07) is 10.2. The van der Waals surface area contributed by atoms with Crippen LogP contribution in [-0.4, -0.2) is 72.5 Å². The van der Waals surface area contributed by atoms with Crippen LogP contribution in [0.2, 0.25) is 0 Å². The highest BCUT2D eigenvalue weighted by Gasteiger charge is 2.24. The smallest absolute Gasteiger partial charge is 0.233 e. The van der Waals surface area contributed by atoms with Gasteiger partial charge >= 0.3 is 0 Å². The quantitative estimate of drug-likeness (QED) is 0.499. The second-order valence-corrected chi connectivity index (χ2v) is 7.81. The summed E-state index contributed by atoms with van der Waals surface area (Å²) in [5, 5.41) is 12.2. The zero-order valence-electron chi connectivity index (χ0n) is 16.3. The Kier molecular flexibility index (Phi) is 7.70. The summed E-state index contributed by atoms with van der Waals surface area (Å²) in [7, 11) is 1.61.